The zero-order chi connectivity index (χ0) is 11.5. The lowest BCUT2D eigenvalue weighted by atomic mass is 10.2. The number of allylic oxidation sites excluding steroid dienone is 6. The SMILES string of the molecule is C=CC(=C)/C=C/C=C(\C)C=NCCCC. The maximum atomic E-state index is 4.31. The predicted molar refractivity (Wildman–Crippen MR) is 70.5 cm³/mol. The molecule has 0 aliphatic carbocycles. The van der Waals surface area contributed by atoms with Crippen LogP contribution in [0.15, 0.2) is 53.6 Å². The van der Waals surface area contributed by atoms with Gasteiger partial charge in [-0.3, -0.25) is 4.99 Å². The van der Waals surface area contributed by atoms with Crippen molar-refractivity contribution in [1.82, 2.24) is 0 Å². The molecule has 0 aromatic heterocycles. The van der Waals surface area contributed by atoms with Crippen molar-refractivity contribution in [1.29, 1.82) is 0 Å². The van der Waals surface area contributed by atoms with Crippen molar-refractivity contribution < 1.29 is 0 Å². The van der Waals surface area contributed by atoms with Crippen LogP contribution in [0.3, 0.4) is 0 Å². The number of rotatable bonds is 7. The summed E-state index contributed by atoms with van der Waals surface area (Å²) in [5.41, 5.74) is 2.07. The fourth-order valence-electron chi connectivity index (χ4n) is 0.893. The molecule has 0 saturated carbocycles. The smallest absolute Gasteiger partial charge is 0.0389 e. The van der Waals surface area contributed by atoms with Crippen LogP contribution in [0, 0.1) is 0 Å². The Hall–Kier alpha value is -1.37. The number of nitrogens with zero attached hydrogens (tertiary/aromatic N) is 1. The molecule has 0 aromatic carbocycles. The van der Waals surface area contributed by atoms with Crippen molar-refractivity contribution in [2.24, 2.45) is 4.99 Å². The molecule has 0 atom stereocenters. The first-order valence-electron chi connectivity index (χ1n) is 5.36. The van der Waals surface area contributed by atoms with Crippen LogP contribution in [0.4, 0.5) is 0 Å². The summed E-state index contributed by atoms with van der Waals surface area (Å²) in [6, 6.07) is 0. The van der Waals surface area contributed by atoms with Gasteiger partial charge in [0.15, 0.2) is 0 Å². The Labute approximate surface area is 93.6 Å². The van der Waals surface area contributed by atoms with Gasteiger partial charge in [-0.2, -0.15) is 0 Å². The lowest BCUT2D eigenvalue weighted by molar-refractivity contribution is 0.810. The zero-order valence-corrected chi connectivity index (χ0v) is 9.87. The standard InChI is InChI=1S/C14H21N/c1-5-7-11-15-12-14(4)10-8-9-13(3)6-2/h6,8-10,12H,2-3,5,7,11H2,1,4H3/b9-8+,14-10+,15-12?. The van der Waals surface area contributed by atoms with Gasteiger partial charge in [-0.25, -0.2) is 0 Å². The number of hydrogen-bond acceptors (Lipinski definition) is 1. The lowest BCUT2D eigenvalue weighted by Crippen LogP contribution is -1.82. The van der Waals surface area contributed by atoms with E-state index in [1.807, 2.05) is 31.4 Å². The molecule has 0 fully saturated rings. The highest BCUT2D eigenvalue weighted by Crippen LogP contribution is 1.96. The average Bonchev–Trinajstić information content (AvgIpc) is 2.24. The van der Waals surface area contributed by atoms with Gasteiger partial charge in [-0.05, 0) is 24.5 Å². The summed E-state index contributed by atoms with van der Waals surface area (Å²) in [5, 5.41) is 0. The Morgan fingerprint density at radius 3 is 2.73 bits per heavy atom. The fourth-order valence-corrected chi connectivity index (χ4v) is 0.893. The van der Waals surface area contributed by atoms with Gasteiger partial charge in [0.2, 0.25) is 0 Å². The van der Waals surface area contributed by atoms with Crippen LogP contribution in [0.5, 0.6) is 0 Å². The predicted octanol–water partition coefficient (Wildman–Crippen LogP) is 4.10. The van der Waals surface area contributed by atoms with E-state index in [-0.39, 0.29) is 0 Å². The third kappa shape index (κ3) is 8.95. The molecular weight excluding hydrogens is 182 g/mol. The molecule has 82 valence electrons. The molecule has 0 amide bonds. The third-order valence-electron chi connectivity index (χ3n) is 1.87. The summed E-state index contributed by atoms with van der Waals surface area (Å²) in [4.78, 5) is 4.31. The molecule has 0 bridgehead atoms. The molecule has 1 nitrogen and oxygen atoms in total. The number of aliphatic imine (C=N–C) groups is 1. The van der Waals surface area contributed by atoms with E-state index in [0.29, 0.717) is 0 Å². The minimum Gasteiger partial charge on any atom is -0.293 e. The first-order valence-corrected chi connectivity index (χ1v) is 5.36. The van der Waals surface area contributed by atoms with Crippen molar-refractivity contribution in [3.63, 3.8) is 0 Å². The van der Waals surface area contributed by atoms with Crippen molar-refractivity contribution in [3.8, 4) is 0 Å². The molecule has 0 rings (SSSR count). The van der Waals surface area contributed by atoms with E-state index in [9.17, 15) is 0 Å². The van der Waals surface area contributed by atoms with E-state index >= 15 is 0 Å². The Bertz CT molecular complexity index is 280. The number of hydrogen-bond donors (Lipinski definition) is 0. The van der Waals surface area contributed by atoms with E-state index in [1.165, 1.54) is 6.42 Å². The monoisotopic (exact) mass is 203 g/mol. The average molecular weight is 203 g/mol. The summed E-state index contributed by atoms with van der Waals surface area (Å²) >= 11 is 0. The highest BCUT2D eigenvalue weighted by Gasteiger charge is 1.81. The van der Waals surface area contributed by atoms with Crippen LogP contribution < -0.4 is 0 Å². The quantitative estimate of drug-likeness (QED) is 0.335. The van der Waals surface area contributed by atoms with E-state index in [1.54, 1.807) is 6.08 Å². The van der Waals surface area contributed by atoms with Gasteiger partial charge in [0.1, 0.15) is 0 Å². The van der Waals surface area contributed by atoms with E-state index in [0.717, 1.165) is 24.1 Å². The summed E-state index contributed by atoms with van der Waals surface area (Å²) in [6.45, 7) is 12.5. The molecule has 0 aliphatic rings. The minimum atomic E-state index is 0.918. The van der Waals surface area contributed by atoms with E-state index in [4.69, 9.17) is 0 Å². The van der Waals surface area contributed by atoms with Crippen LogP contribution in [0.1, 0.15) is 26.7 Å². The molecule has 15 heavy (non-hydrogen) atoms. The molecule has 0 heterocycles. The maximum absolute atomic E-state index is 4.31. The van der Waals surface area contributed by atoms with E-state index < -0.39 is 0 Å². The van der Waals surface area contributed by atoms with Crippen molar-refractivity contribution in [3.05, 3.63) is 48.6 Å². The summed E-state index contributed by atoms with van der Waals surface area (Å²) in [7, 11) is 0. The van der Waals surface area contributed by atoms with Crippen LogP contribution in [0.25, 0.3) is 0 Å². The molecule has 1 heteroatoms. The normalized spacial score (nSPS) is 12.5. The van der Waals surface area contributed by atoms with Gasteiger partial charge in [0.25, 0.3) is 0 Å². The number of unbranched alkanes of at least 4 members (excludes halogenated alkanes) is 1. The fraction of sp³-hybridized carbons (Fsp3) is 0.357. The second kappa shape index (κ2) is 9.20. The van der Waals surface area contributed by atoms with Crippen LogP contribution in [0.2, 0.25) is 0 Å². The first kappa shape index (κ1) is 13.6. The van der Waals surface area contributed by atoms with E-state index in [2.05, 4.69) is 25.1 Å². The van der Waals surface area contributed by atoms with Gasteiger partial charge >= 0.3 is 0 Å². The molecule has 0 spiro atoms. The third-order valence-corrected chi connectivity index (χ3v) is 1.87. The van der Waals surface area contributed by atoms with Gasteiger partial charge < -0.3 is 0 Å². The molecule has 0 N–H and O–H groups in total. The van der Waals surface area contributed by atoms with Crippen LogP contribution in [-0.4, -0.2) is 12.8 Å². The van der Waals surface area contributed by atoms with Crippen LogP contribution >= 0.6 is 0 Å². The van der Waals surface area contributed by atoms with Crippen molar-refractivity contribution in [2.75, 3.05) is 6.54 Å². The molecule has 0 aliphatic heterocycles. The Morgan fingerprint density at radius 1 is 1.40 bits per heavy atom. The first-order chi connectivity index (χ1) is 7.20. The highest BCUT2D eigenvalue weighted by molar-refractivity contribution is 5.78. The van der Waals surface area contributed by atoms with Gasteiger partial charge in [-0.1, -0.05) is 50.8 Å². The second-order valence-corrected chi connectivity index (χ2v) is 3.44. The molecule has 0 unspecified atom stereocenters. The van der Waals surface area contributed by atoms with Gasteiger partial charge in [0, 0.05) is 12.8 Å². The Morgan fingerprint density at radius 2 is 2.13 bits per heavy atom. The van der Waals surface area contributed by atoms with Crippen molar-refractivity contribution in [2.45, 2.75) is 26.7 Å². The second-order valence-electron chi connectivity index (χ2n) is 3.44. The molecular formula is C14H21N. The molecule has 0 saturated heterocycles. The molecule has 0 aromatic rings. The minimum absolute atomic E-state index is 0.918. The maximum Gasteiger partial charge on any atom is 0.0389 e. The Balaban J connectivity index is 3.98. The van der Waals surface area contributed by atoms with Gasteiger partial charge in [0.05, 0.1) is 0 Å². The summed E-state index contributed by atoms with van der Waals surface area (Å²) < 4.78 is 0. The van der Waals surface area contributed by atoms with Crippen molar-refractivity contribution >= 4 is 6.21 Å². The topological polar surface area (TPSA) is 12.4 Å². The largest absolute Gasteiger partial charge is 0.293 e. The van der Waals surface area contributed by atoms with Gasteiger partial charge in [-0.15, -0.1) is 0 Å². The Kier molecular flexibility index (Phi) is 8.36. The highest BCUT2D eigenvalue weighted by atomic mass is 14.7. The summed E-state index contributed by atoms with van der Waals surface area (Å²) in [5.74, 6) is 0. The van der Waals surface area contributed by atoms with Crippen LogP contribution in [-0.2, 0) is 0 Å². The summed E-state index contributed by atoms with van der Waals surface area (Å²) in [6.07, 6.45) is 11.9. The molecule has 0 radical (unpaired) electrons. The zero-order valence-electron chi connectivity index (χ0n) is 9.87. The lowest BCUT2D eigenvalue weighted by Gasteiger charge is -1.91.